The van der Waals surface area contributed by atoms with Crippen molar-refractivity contribution in [2.75, 3.05) is 5.32 Å². The first-order valence-corrected chi connectivity index (χ1v) is 6.08. The number of hydrogen-bond acceptors (Lipinski definition) is 5. The Hall–Kier alpha value is -1.69. The first-order chi connectivity index (χ1) is 8.06. The highest BCUT2D eigenvalue weighted by Gasteiger charge is 2.14. The zero-order valence-electron chi connectivity index (χ0n) is 9.90. The van der Waals surface area contributed by atoms with Gasteiger partial charge in [-0.25, -0.2) is 4.98 Å². The third kappa shape index (κ3) is 2.71. The number of anilines is 1. The van der Waals surface area contributed by atoms with Gasteiger partial charge in [0.15, 0.2) is 5.13 Å². The molecule has 0 aliphatic carbocycles. The molecule has 0 saturated heterocycles. The molecule has 0 atom stereocenters. The van der Waals surface area contributed by atoms with Crippen LogP contribution in [0.4, 0.5) is 5.13 Å². The predicted octanol–water partition coefficient (Wildman–Crippen LogP) is 2.24. The lowest BCUT2D eigenvalue weighted by molar-refractivity contribution is -0.115. The zero-order valence-corrected chi connectivity index (χ0v) is 10.7. The first kappa shape index (κ1) is 11.8. The third-order valence-corrected chi connectivity index (χ3v) is 3.26. The fraction of sp³-hybridized carbons (Fsp3) is 0.364. The van der Waals surface area contributed by atoms with Crippen molar-refractivity contribution >= 4 is 22.4 Å². The quantitative estimate of drug-likeness (QED) is 0.908. The van der Waals surface area contributed by atoms with Gasteiger partial charge in [0, 0.05) is 10.9 Å². The molecule has 0 spiro atoms. The molecule has 2 heterocycles. The predicted molar refractivity (Wildman–Crippen MR) is 65.2 cm³/mol. The Kier molecular flexibility index (Phi) is 3.23. The van der Waals surface area contributed by atoms with Gasteiger partial charge in [0.05, 0.1) is 17.8 Å². The normalized spacial score (nSPS) is 10.5. The number of rotatable bonds is 3. The second-order valence-corrected chi connectivity index (χ2v) is 4.68. The van der Waals surface area contributed by atoms with E-state index < -0.39 is 0 Å². The summed E-state index contributed by atoms with van der Waals surface area (Å²) in [6, 6.07) is 0. The highest BCUT2D eigenvalue weighted by Crippen LogP contribution is 2.17. The largest absolute Gasteiger partial charge is 0.361 e. The SMILES string of the molecule is Cc1csc(NC(=O)Cc2c(C)noc2C)n1. The summed E-state index contributed by atoms with van der Waals surface area (Å²) in [6.07, 6.45) is 0.264. The summed E-state index contributed by atoms with van der Waals surface area (Å²) in [5.74, 6) is 0.585. The smallest absolute Gasteiger partial charge is 0.230 e. The lowest BCUT2D eigenvalue weighted by atomic mass is 10.1. The van der Waals surface area contributed by atoms with E-state index in [4.69, 9.17) is 4.52 Å². The minimum atomic E-state index is -0.103. The van der Waals surface area contributed by atoms with E-state index in [0.717, 1.165) is 17.0 Å². The fourth-order valence-electron chi connectivity index (χ4n) is 1.49. The minimum Gasteiger partial charge on any atom is -0.361 e. The molecule has 0 fully saturated rings. The molecule has 2 aromatic rings. The Labute approximate surface area is 103 Å². The lowest BCUT2D eigenvalue weighted by Crippen LogP contribution is -2.15. The summed E-state index contributed by atoms with van der Waals surface area (Å²) >= 11 is 1.42. The Morgan fingerprint density at radius 1 is 1.47 bits per heavy atom. The van der Waals surface area contributed by atoms with Crippen molar-refractivity contribution in [1.82, 2.24) is 10.1 Å². The second kappa shape index (κ2) is 4.67. The van der Waals surface area contributed by atoms with Gasteiger partial charge in [0.1, 0.15) is 5.76 Å². The lowest BCUT2D eigenvalue weighted by Gasteiger charge is -2.00. The van der Waals surface area contributed by atoms with Crippen LogP contribution in [0.5, 0.6) is 0 Å². The van der Waals surface area contributed by atoms with Crippen LogP contribution in [0.25, 0.3) is 0 Å². The summed E-state index contributed by atoms with van der Waals surface area (Å²) < 4.78 is 5.01. The van der Waals surface area contributed by atoms with Crippen LogP contribution >= 0.6 is 11.3 Å². The molecule has 1 amide bonds. The van der Waals surface area contributed by atoms with Gasteiger partial charge in [-0.05, 0) is 20.8 Å². The maximum absolute atomic E-state index is 11.8. The molecule has 0 unspecified atom stereocenters. The first-order valence-electron chi connectivity index (χ1n) is 5.20. The van der Waals surface area contributed by atoms with Gasteiger partial charge in [-0.3, -0.25) is 4.79 Å². The summed E-state index contributed by atoms with van der Waals surface area (Å²) in [4.78, 5) is 16.0. The van der Waals surface area contributed by atoms with Gasteiger partial charge in [-0.1, -0.05) is 5.16 Å². The van der Waals surface area contributed by atoms with Crippen LogP contribution in [0.15, 0.2) is 9.90 Å². The average molecular weight is 251 g/mol. The second-order valence-electron chi connectivity index (χ2n) is 3.82. The van der Waals surface area contributed by atoms with Gasteiger partial charge in [-0.2, -0.15) is 0 Å². The number of aromatic nitrogens is 2. The van der Waals surface area contributed by atoms with E-state index in [1.54, 1.807) is 6.92 Å². The van der Waals surface area contributed by atoms with Gasteiger partial charge < -0.3 is 9.84 Å². The summed E-state index contributed by atoms with van der Waals surface area (Å²) in [5, 5.41) is 9.09. The number of amides is 1. The number of nitrogens with zero attached hydrogens (tertiary/aromatic N) is 2. The van der Waals surface area contributed by atoms with Crippen LogP contribution < -0.4 is 5.32 Å². The van der Waals surface area contributed by atoms with E-state index in [2.05, 4.69) is 15.5 Å². The van der Waals surface area contributed by atoms with Gasteiger partial charge >= 0.3 is 0 Å². The summed E-state index contributed by atoms with van der Waals surface area (Å²) in [6.45, 7) is 5.52. The van der Waals surface area contributed by atoms with Crippen LogP contribution in [0.2, 0.25) is 0 Å². The van der Waals surface area contributed by atoms with Gasteiger partial charge in [0.25, 0.3) is 0 Å². The standard InChI is InChI=1S/C11H13N3O2S/c1-6-5-17-11(12-6)13-10(15)4-9-7(2)14-16-8(9)3/h5H,4H2,1-3H3,(H,12,13,15). The molecule has 17 heavy (non-hydrogen) atoms. The number of thiazole rings is 1. The third-order valence-electron chi connectivity index (χ3n) is 2.38. The minimum absolute atomic E-state index is 0.103. The molecule has 0 aliphatic rings. The molecule has 0 radical (unpaired) electrons. The van der Waals surface area contributed by atoms with Crippen LogP contribution in [0.3, 0.4) is 0 Å². The number of carbonyl (C=O) groups excluding carboxylic acids is 1. The van der Waals surface area contributed by atoms with Crippen LogP contribution in [-0.4, -0.2) is 16.0 Å². The number of nitrogens with one attached hydrogen (secondary N) is 1. The maximum Gasteiger partial charge on any atom is 0.230 e. The van der Waals surface area contributed by atoms with Crippen molar-refractivity contribution in [3.63, 3.8) is 0 Å². The molecule has 2 rings (SSSR count). The van der Waals surface area contributed by atoms with Crippen LogP contribution in [0, 0.1) is 20.8 Å². The fourth-order valence-corrected chi connectivity index (χ4v) is 2.19. The zero-order chi connectivity index (χ0) is 12.4. The molecule has 0 saturated carbocycles. The Morgan fingerprint density at radius 2 is 2.24 bits per heavy atom. The van der Waals surface area contributed by atoms with Gasteiger partial charge in [0.2, 0.25) is 5.91 Å². The molecular weight excluding hydrogens is 238 g/mol. The van der Waals surface area contributed by atoms with Crippen molar-refractivity contribution in [2.24, 2.45) is 0 Å². The number of aryl methyl sites for hydroxylation is 3. The monoisotopic (exact) mass is 251 g/mol. The summed E-state index contributed by atoms with van der Waals surface area (Å²) in [5.41, 5.74) is 2.51. The van der Waals surface area contributed by atoms with E-state index in [0.29, 0.717) is 10.9 Å². The maximum atomic E-state index is 11.8. The van der Waals surface area contributed by atoms with E-state index >= 15 is 0 Å². The Balaban J connectivity index is 2.03. The van der Waals surface area contributed by atoms with Gasteiger partial charge in [-0.15, -0.1) is 11.3 Å². The molecule has 0 aromatic carbocycles. The Morgan fingerprint density at radius 3 is 2.76 bits per heavy atom. The van der Waals surface area contributed by atoms with Crippen LogP contribution in [-0.2, 0) is 11.2 Å². The Bertz CT molecular complexity index is 525. The van der Waals surface area contributed by atoms with Crippen molar-refractivity contribution in [3.8, 4) is 0 Å². The topological polar surface area (TPSA) is 68.0 Å². The van der Waals surface area contributed by atoms with E-state index in [9.17, 15) is 4.79 Å². The van der Waals surface area contributed by atoms with E-state index in [1.807, 2.05) is 19.2 Å². The van der Waals surface area contributed by atoms with Crippen molar-refractivity contribution in [2.45, 2.75) is 27.2 Å². The van der Waals surface area contributed by atoms with E-state index in [1.165, 1.54) is 11.3 Å². The summed E-state index contributed by atoms with van der Waals surface area (Å²) in [7, 11) is 0. The van der Waals surface area contributed by atoms with Crippen molar-refractivity contribution in [1.29, 1.82) is 0 Å². The molecule has 0 bridgehead atoms. The van der Waals surface area contributed by atoms with Crippen molar-refractivity contribution < 1.29 is 9.32 Å². The highest BCUT2D eigenvalue weighted by atomic mass is 32.1. The number of hydrogen-bond donors (Lipinski definition) is 1. The molecule has 90 valence electrons. The highest BCUT2D eigenvalue weighted by molar-refractivity contribution is 7.13. The van der Waals surface area contributed by atoms with Crippen LogP contribution in [0.1, 0.15) is 22.7 Å². The van der Waals surface area contributed by atoms with Crippen molar-refractivity contribution in [3.05, 3.63) is 28.1 Å². The average Bonchev–Trinajstić information content (AvgIpc) is 2.79. The molecular formula is C11H13N3O2S. The molecule has 0 aliphatic heterocycles. The van der Waals surface area contributed by atoms with E-state index in [-0.39, 0.29) is 12.3 Å². The molecule has 6 heteroatoms. The molecule has 2 aromatic heterocycles. The molecule has 1 N–H and O–H groups in total. The number of carbonyl (C=O) groups is 1. The molecule has 5 nitrogen and oxygen atoms in total.